The van der Waals surface area contributed by atoms with Crippen LogP contribution in [0.4, 0.5) is 13.2 Å². The first kappa shape index (κ1) is 15.6. The van der Waals surface area contributed by atoms with E-state index in [4.69, 9.17) is 0 Å². The van der Waals surface area contributed by atoms with E-state index in [1.54, 1.807) is 0 Å². The summed E-state index contributed by atoms with van der Waals surface area (Å²) >= 11 is 0. The Bertz CT molecular complexity index is 549. The molecule has 2 rings (SSSR count). The molecule has 114 valence electrons. The molecule has 0 saturated carbocycles. The molecule has 0 saturated heterocycles. The molecule has 1 aromatic heterocycles. The van der Waals surface area contributed by atoms with Crippen LogP contribution in [0.1, 0.15) is 30.6 Å². The molecule has 0 bridgehead atoms. The largest absolute Gasteiger partial charge is 0.435 e. The van der Waals surface area contributed by atoms with Gasteiger partial charge in [0.05, 0.1) is 6.04 Å². The highest BCUT2D eigenvalue weighted by Crippen LogP contribution is 2.28. The van der Waals surface area contributed by atoms with Crippen LogP contribution in [0.2, 0.25) is 0 Å². The van der Waals surface area contributed by atoms with Gasteiger partial charge in [0.1, 0.15) is 0 Å². The summed E-state index contributed by atoms with van der Waals surface area (Å²) in [6.45, 7) is 3.40. The number of nitrogens with one attached hydrogen (secondary N) is 1. The minimum atomic E-state index is -4.41. The lowest BCUT2D eigenvalue weighted by atomic mass is 10.1. The SMILES string of the molecule is CCCNCC(c1ccccc1)n1ccc(C(F)(F)F)n1. The Morgan fingerprint density at radius 3 is 2.48 bits per heavy atom. The molecule has 1 atom stereocenters. The molecule has 0 aliphatic heterocycles. The zero-order valence-electron chi connectivity index (χ0n) is 11.8. The van der Waals surface area contributed by atoms with Crippen LogP contribution in [0.3, 0.4) is 0 Å². The molecule has 1 aromatic carbocycles. The molecule has 1 unspecified atom stereocenters. The molecule has 0 amide bonds. The standard InChI is InChI=1S/C15H18F3N3/c1-2-9-19-11-13(12-6-4-3-5-7-12)21-10-8-14(20-21)15(16,17)18/h3-8,10,13,19H,2,9,11H2,1H3. The average molecular weight is 297 g/mol. The third-order valence-corrected chi connectivity index (χ3v) is 3.17. The number of benzene rings is 1. The lowest BCUT2D eigenvalue weighted by Gasteiger charge is -2.19. The lowest BCUT2D eigenvalue weighted by Crippen LogP contribution is -2.27. The summed E-state index contributed by atoms with van der Waals surface area (Å²) in [5.41, 5.74) is 0.0665. The fraction of sp³-hybridized carbons (Fsp3) is 0.400. The topological polar surface area (TPSA) is 29.9 Å². The first-order valence-corrected chi connectivity index (χ1v) is 6.90. The van der Waals surface area contributed by atoms with Crippen molar-refractivity contribution in [2.24, 2.45) is 0 Å². The second-order valence-corrected chi connectivity index (χ2v) is 4.81. The molecule has 0 radical (unpaired) electrons. The van der Waals surface area contributed by atoms with Crippen molar-refractivity contribution in [1.29, 1.82) is 0 Å². The maximum absolute atomic E-state index is 12.7. The van der Waals surface area contributed by atoms with E-state index >= 15 is 0 Å². The van der Waals surface area contributed by atoms with Crippen LogP contribution in [0.15, 0.2) is 42.6 Å². The highest BCUT2D eigenvalue weighted by molar-refractivity contribution is 5.20. The molecule has 0 fully saturated rings. The normalized spacial score (nSPS) is 13.3. The molecule has 1 N–H and O–H groups in total. The van der Waals surface area contributed by atoms with Gasteiger partial charge in [-0.1, -0.05) is 37.3 Å². The number of rotatable bonds is 6. The Kier molecular flexibility index (Phi) is 5.01. The number of aromatic nitrogens is 2. The van der Waals surface area contributed by atoms with E-state index in [0.717, 1.165) is 24.6 Å². The van der Waals surface area contributed by atoms with Crippen molar-refractivity contribution in [3.8, 4) is 0 Å². The van der Waals surface area contributed by atoms with Gasteiger partial charge in [-0.2, -0.15) is 18.3 Å². The minimum Gasteiger partial charge on any atom is -0.314 e. The smallest absolute Gasteiger partial charge is 0.314 e. The summed E-state index contributed by atoms with van der Waals surface area (Å²) < 4.78 is 39.4. The van der Waals surface area contributed by atoms with Gasteiger partial charge in [-0.3, -0.25) is 4.68 Å². The number of alkyl halides is 3. The lowest BCUT2D eigenvalue weighted by molar-refractivity contribution is -0.141. The van der Waals surface area contributed by atoms with Crippen LogP contribution < -0.4 is 5.32 Å². The van der Waals surface area contributed by atoms with Gasteiger partial charge < -0.3 is 5.32 Å². The summed E-state index contributed by atoms with van der Waals surface area (Å²) in [6, 6.07) is 10.2. The second kappa shape index (κ2) is 6.76. The van der Waals surface area contributed by atoms with E-state index in [1.807, 2.05) is 37.3 Å². The van der Waals surface area contributed by atoms with Gasteiger partial charge in [-0.25, -0.2) is 0 Å². The predicted molar refractivity (Wildman–Crippen MR) is 75.0 cm³/mol. The monoisotopic (exact) mass is 297 g/mol. The third-order valence-electron chi connectivity index (χ3n) is 3.17. The van der Waals surface area contributed by atoms with Crippen molar-refractivity contribution < 1.29 is 13.2 Å². The van der Waals surface area contributed by atoms with Crippen LogP contribution in [0, 0.1) is 0 Å². The molecule has 2 aromatic rings. The van der Waals surface area contributed by atoms with Gasteiger partial charge in [-0.05, 0) is 24.6 Å². The molecule has 21 heavy (non-hydrogen) atoms. The maximum Gasteiger partial charge on any atom is 0.435 e. The van der Waals surface area contributed by atoms with E-state index in [-0.39, 0.29) is 6.04 Å². The molecular formula is C15H18F3N3. The van der Waals surface area contributed by atoms with Gasteiger partial charge in [0.15, 0.2) is 5.69 Å². The van der Waals surface area contributed by atoms with E-state index in [2.05, 4.69) is 10.4 Å². The number of hydrogen-bond acceptors (Lipinski definition) is 2. The number of hydrogen-bond donors (Lipinski definition) is 1. The molecule has 0 aliphatic rings. The van der Waals surface area contributed by atoms with Gasteiger partial charge >= 0.3 is 6.18 Å². The summed E-state index contributed by atoms with van der Waals surface area (Å²) in [5.74, 6) is 0. The molecule has 3 nitrogen and oxygen atoms in total. The molecule has 6 heteroatoms. The molecular weight excluding hydrogens is 279 g/mol. The predicted octanol–water partition coefficient (Wildman–Crippen LogP) is 3.49. The van der Waals surface area contributed by atoms with Crippen LogP contribution in [0.25, 0.3) is 0 Å². The first-order valence-electron chi connectivity index (χ1n) is 6.90. The van der Waals surface area contributed by atoms with Crippen LogP contribution >= 0.6 is 0 Å². The van der Waals surface area contributed by atoms with Crippen molar-refractivity contribution in [2.75, 3.05) is 13.1 Å². The summed E-state index contributed by atoms with van der Waals surface area (Å²) in [7, 11) is 0. The number of nitrogens with zero attached hydrogens (tertiary/aromatic N) is 2. The van der Waals surface area contributed by atoms with Gasteiger partial charge in [-0.15, -0.1) is 0 Å². The van der Waals surface area contributed by atoms with E-state index in [9.17, 15) is 13.2 Å². The summed E-state index contributed by atoms with van der Waals surface area (Å²) in [6.07, 6.45) is -2.06. The second-order valence-electron chi connectivity index (χ2n) is 4.81. The van der Waals surface area contributed by atoms with E-state index in [1.165, 1.54) is 10.9 Å². The van der Waals surface area contributed by atoms with Crippen molar-refractivity contribution in [3.05, 3.63) is 53.9 Å². The Balaban J connectivity index is 2.25. The van der Waals surface area contributed by atoms with Crippen LogP contribution in [0.5, 0.6) is 0 Å². The fourth-order valence-corrected chi connectivity index (χ4v) is 2.12. The zero-order chi connectivity index (χ0) is 15.3. The molecule has 1 heterocycles. The van der Waals surface area contributed by atoms with E-state index in [0.29, 0.717) is 6.54 Å². The van der Waals surface area contributed by atoms with Gasteiger partial charge in [0.2, 0.25) is 0 Å². The third kappa shape index (κ3) is 4.07. The Morgan fingerprint density at radius 1 is 1.19 bits per heavy atom. The minimum absolute atomic E-state index is 0.256. The van der Waals surface area contributed by atoms with E-state index < -0.39 is 11.9 Å². The van der Waals surface area contributed by atoms with Gasteiger partial charge in [0.25, 0.3) is 0 Å². The van der Waals surface area contributed by atoms with Crippen molar-refractivity contribution >= 4 is 0 Å². The maximum atomic E-state index is 12.7. The summed E-state index contributed by atoms with van der Waals surface area (Å²) in [4.78, 5) is 0. The first-order chi connectivity index (χ1) is 10.0. The van der Waals surface area contributed by atoms with Crippen molar-refractivity contribution in [2.45, 2.75) is 25.6 Å². The highest BCUT2D eigenvalue weighted by Gasteiger charge is 2.34. The van der Waals surface area contributed by atoms with Crippen LogP contribution in [-0.2, 0) is 6.18 Å². The Hall–Kier alpha value is -1.82. The zero-order valence-corrected chi connectivity index (χ0v) is 11.8. The highest BCUT2D eigenvalue weighted by atomic mass is 19.4. The average Bonchev–Trinajstić information content (AvgIpc) is 2.94. The Morgan fingerprint density at radius 2 is 1.90 bits per heavy atom. The van der Waals surface area contributed by atoms with Crippen molar-refractivity contribution in [1.82, 2.24) is 15.1 Å². The van der Waals surface area contributed by atoms with Crippen LogP contribution in [-0.4, -0.2) is 22.9 Å². The quantitative estimate of drug-likeness (QED) is 0.827. The summed E-state index contributed by atoms with van der Waals surface area (Å²) in [5, 5.41) is 6.93. The fourth-order valence-electron chi connectivity index (χ4n) is 2.12. The van der Waals surface area contributed by atoms with Crippen molar-refractivity contribution in [3.63, 3.8) is 0 Å². The molecule has 0 aliphatic carbocycles. The number of halogens is 3. The Labute approximate surface area is 121 Å². The molecule has 0 spiro atoms. The van der Waals surface area contributed by atoms with Gasteiger partial charge in [0, 0.05) is 12.7 Å².